The highest BCUT2D eigenvalue weighted by Gasteiger charge is 2.16. The summed E-state index contributed by atoms with van der Waals surface area (Å²) in [5.74, 6) is -1.10. The van der Waals surface area contributed by atoms with Gasteiger partial charge in [-0.15, -0.1) is 0 Å². The van der Waals surface area contributed by atoms with E-state index >= 15 is 0 Å². The molecule has 1 aromatic heterocycles. The van der Waals surface area contributed by atoms with Crippen molar-refractivity contribution in [2.24, 2.45) is 0 Å². The molecule has 0 fully saturated rings. The molecule has 0 radical (unpaired) electrons. The lowest BCUT2D eigenvalue weighted by Crippen LogP contribution is -2.29. The van der Waals surface area contributed by atoms with E-state index in [-0.39, 0.29) is 18.9 Å². The molecule has 2 rings (SSSR count). The number of amides is 1. The molecule has 1 aromatic carbocycles. The van der Waals surface area contributed by atoms with Crippen molar-refractivity contribution in [3.63, 3.8) is 0 Å². The minimum Gasteiger partial charge on any atom is -0.481 e. The molecule has 2 aromatic rings. The summed E-state index contributed by atoms with van der Waals surface area (Å²) in [6.45, 7) is 2.02. The van der Waals surface area contributed by atoms with Gasteiger partial charge < -0.3 is 10.0 Å². The van der Waals surface area contributed by atoms with E-state index in [0.29, 0.717) is 5.56 Å². The number of carbonyl (C=O) groups is 2. The van der Waals surface area contributed by atoms with Crippen LogP contribution in [0, 0.1) is 6.92 Å². The number of carbonyl (C=O) groups excluding carboxylic acids is 1. The second kappa shape index (κ2) is 5.69. The smallest absolute Gasteiger partial charge is 0.305 e. The van der Waals surface area contributed by atoms with Gasteiger partial charge in [-0.05, 0) is 19.1 Å². The van der Waals surface area contributed by atoms with Gasteiger partial charge in [-0.25, -0.2) is 0 Å². The molecule has 0 spiro atoms. The lowest BCUT2D eigenvalue weighted by Gasteiger charge is -2.17. The molecular formula is C15H16N2O3. The van der Waals surface area contributed by atoms with Crippen LogP contribution in [0.3, 0.4) is 0 Å². The molecule has 20 heavy (non-hydrogen) atoms. The zero-order valence-electron chi connectivity index (χ0n) is 11.5. The number of fused-ring (bicyclic) bond motifs is 1. The number of carboxylic acid groups (broad SMARTS) is 1. The van der Waals surface area contributed by atoms with Crippen LogP contribution >= 0.6 is 0 Å². The van der Waals surface area contributed by atoms with Crippen molar-refractivity contribution in [1.82, 2.24) is 9.88 Å². The predicted molar refractivity (Wildman–Crippen MR) is 75.7 cm³/mol. The highest BCUT2D eigenvalue weighted by molar-refractivity contribution is 6.06. The number of aromatic nitrogens is 1. The highest BCUT2D eigenvalue weighted by atomic mass is 16.4. The van der Waals surface area contributed by atoms with Crippen LogP contribution in [0.5, 0.6) is 0 Å². The van der Waals surface area contributed by atoms with E-state index in [0.717, 1.165) is 16.6 Å². The van der Waals surface area contributed by atoms with Crippen LogP contribution in [0.25, 0.3) is 10.9 Å². The molecule has 0 aliphatic carbocycles. The molecule has 1 amide bonds. The Labute approximate surface area is 116 Å². The summed E-state index contributed by atoms with van der Waals surface area (Å²) in [4.78, 5) is 28.8. The maximum absolute atomic E-state index is 12.4. The van der Waals surface area contributed by atoms with Crippen LogP contribution < -0.4 is 0 Å². The third-order valence-electron chi connectivity index (χ3n) is 3.08. The average Bonchev–Trinajstić information content (AvgIpc) is 2.42. The largest absolute Gasteiger partial charge is 0.481 e. The fraction of sp³-hybridized carbons (Fsp3) is 0.267. The van der Waals surface area contributed by atoms with Crippen molar-refractivity contribution in [2.45, 2.75) is 13.3 Å². The molecule has 0 aliphatic heterocycles. The molecule has 1 N–H and O–H groups in total. The number of benzene rings is 1. The second-order valence-electron chi connectivity index (χ2n) is 4.70. The second-order valence-corrected chi connectivity index (χ2v) is 4.70. The predicted octanol–water partition coefficient (Wildman–Crippen LogP) is 2.09. The van der Waals surface area contributed by atoms with Gasteiger partial charge in [0, 0.05) is 24.7 Å². The number of rotatable bonds is 4. The minimum absolute atomic E-state index is 0.0652. The molecule has 0 saturated heterocycles. The molecule has 0 saturated carbocycles. The molecule has 0 bridgehead atoms. The van der Waals surface area contributed by atoms with E-state index in [1.807, 2.05) is 31.2 Å². The lowest BCUT2D eigenvalue weighted by molar-refractivity contribution is -0.137. The van der Waals surface area contributed by atoms with E-state index in [2.05, 4.69) is 4.98 Å². The van der Waals surface area contributed by atoms with Gasteiger partial charge in [0.2, 0.25) is 0 Å². The van der Waals surface area contributed by atoms with Gasteiger partial charge in [0.05, 0.1) is 17.5 Å². The summed E-state index contributed by atoms with van der Waals surface area (Å²) in [6.07, 6.45) is -0.0652. The number of hydrogen-bond acceptors (Lipinski definition) is 3. The Morgan fingerprint density at radius 2 is 2.00 bits per heavy atom. The van der Waals surface area contributed by atoms with Crippen LogP contribution in [0.1, 0.15) is 22.5 Å². The Morgan fingerprint density at radius 1 is 1.30 bits per heavy atom. The van der Waals surface area contributed by atoms with Gasteiger partial charge in [0.15, 0.2) is 0 Å². The Bertz CT molecular complexity index is 667. The lowest BCUT2D eigenvalue weighted by atomic mass is 10.1. The maximum atomic E-state index is 12.4. The van der Waals surface area contributed by atoms with Crippen LogP contribution in [0.2, 0.25) is 0 Å². The van der Waals surface area contributed by atoms with Gasteiger partial charge in [-0.1, -0.05) is 18.2 Å². The van der Waals surface area contributed by atoms with Crippen LogP contribution in [-0.4, -0.2) is 40.5 Å². The average molecular weight is 272 g/mol. The summed E-state index contributed by atoms with van der Waals surface area (Å²) in [5, 5.41) is 9.47. The summed E-state index contributed by atoms with van der Waals surface area (Å²) in [7, 11) is 1.61. The first-order valence-electron chi connectivity index (χ1n) is 6.32. The molecular weight excluding hydrogens is 256 g/mol. The molecule has 0 atom stereocenters. The van der Waals surface area contributed by atoms with Crippen molar-refractivity contribution >= 4 is 22.8 Å². The zero-order chi connectivity index (χ0) is 14.7. The standard InChI is InChI=1S/C15H16N2O3/c1-10-9-12(11-5-3-4-6-13(11)16-10)15(20)17(2)8-7-14(18)19/h3-6,9H,7-8H2,1-2H3,(H,18,19). The first kappa shape index (κ1) is 14.0. The number of nitrogens with zero attached hydrogens (tertiary/aromatic N) is 2. The van der Waals surface area contributed by atoms with Gasteiger partial charge in [0.1, 0.15) is 0 Å². The molecule has 0 unspecified atom stereocenters. The van der Waals surface area contributed by atoms with E-state index in [1.165, 1.54) is 4.90 Å². The van der Waals surface area contributed by atoms with E-state index in [9.17, 15) is 9.59 Å². The van der Waals surface area contributed by atoms with E-state index < -0.39 is 5.97 Å². The monoisotopic (exact) mass is 272 g/mol. The third kappa shape index (κ3) is 2.93. The molecule has 5 nitrogen and oxygen atoms in total. The SMILES string of the molecule is Cc1cc(C(=O)N(C)CCC(=O)O)c2ccccc2n1. The van der Waals surface area contributed by atoms with Gasteiger partial charge in [0.25, 0.3) is 5.91 Å². The van der Waals surface area contributed by atoms with Gasteiger partial charge in [-0.3, -0.25) is 14.6 Å². The Kier molecular flexibility index (Phi) is 3.98. The van der Waals surface area contributed by atoms with Crippen molar-refractivity contribution in [2.75, 3.05) is 13.6 Å². The van der Waals surface area contributed by atoms with Crippen molar-refractivity contribution in [3.8, 4) is 0 Å². The third-order valence-corrected chi connectivity index (χ3v) is 3.08. The number of aryl methyl sites for hydroxylation is 1. The quantitative estimate of drug-likeness (QED) is 0.925. The topological polar surface area (TPSA) is 70.5 Å². The number of pyridine rings is 1. The normalized spacial score (nSPS) is 10.5. The summed E-state index contributed by atoms with van der Waals surface area (Å²) < 4.78 is 0. The Hall–Kier alpha value is -2.43. The maximum Gasteiger partial charge on any atom is 0.305 e. The molecule has 0 aliphatic rings. The Morgan fingerprint density at radius 3 is 2.70 bits per heavy atom. The van der Waals surface area contributed by atoms with Crippen molar-refractivity contribution < 1.29 is 14.7 Å². The Balaban J connectivity index is 2.36. The van der Waals surface area contributed by atoms with Crippen LogP contribution in [-0.2, 0) is 4.79 Å². The summed E-state index contributed by atoms with van der Waals surface area (Å²) in [6, 6.07) is 9.17. The number of para-hydroxylation sites is 1. The zero-order valence-corrected chi connectivity index (χ0v) is 11.5. The first-order chi connectivity index (χ1) is 9.49. The number of hydrogen-bond donors (Lipinski definition) is 1. The summed E-state index contributed by atoms with van der Waals surface area (Å²) >= 11 is 0. The first-order valence-corrected chi connectivity index (χ1v) is 6.32. The summed E-state index contributed by atoms with van der Waals surface area (Å²) in [5.41, 5.74) is 2.09. The molecule has 5 heteroatoms. The molecule has 104 valence electrons. The number of aliphatic carboxylic acids is 1. The van der Waals surface area contributed by atoms with Crippen LogP contribution in [0.15, 0.2) is 30.3 Å². The highest BCUT2D eigenvalue weighted by Crippen LogP contribution is 2.19. The van der Waals surface area contributed by atoms with E-state index in [4.69, 9.17) is 5.11 Å². The fourth-order valence-electron chi connectivity index (χ4n) is 2.06. The number of carboxylic acids is 1. The molecule has 1 heterocycles. The fourth-order valence-corrected chi connectivity index (χ4v) is 2.06. The van der Waals surface area contributed by atoms with Crippen LogP contribution in [0.4, 0.5) is 0 Å². The van der Waals surface area contributed by atoms with E-state index in [1.54, 1.807) is 13.1 Å². The van der Waals surface area contributed by atoms with Crippen molar-refractivity contribution in [1.29, 1.82) is 0 Å². The van der Waals surface area contributed by atoms with Gasteiger partial charge in [-0.2, -0.15) is 0 Å². The van der Waals surface area contributed by atoms with Gasteiger partial charge >= 0.3 is 5.97 Å². The van der Waals surface area contributed by atoms with Crippen molar-refractivity contribution in [3.05, 3.63) is 41.6 Å². The minimum atomic E-state index is -0.916.